The molecule has 0 spiro atoms. The van der Waals surface area contributed by atoms with Gasteiger partial charge in [0, 0.05) is 12.6 Å². The van der Waals surface area contributed by atoms with Crippen molar-refractivity contribution in [2.24, 2.45) is 0 Å². The van der Waals surface area contributed by atoms with Crippen molar-refractivity contribution in [1.82, 2.24) is 5.32 Å². The summed E-state index contributed by atoms with van der Waals surface area (Å²) in [5.74, 6) is 0.935. The molecule has 4 N–H and O–H groups in total. The first-order chi connectivity index (χ1) is 11.2. The fourth-order valence-electron chi connectivity index (χ4n) is 2.19. The lowest BCUT2D eigenvalue weighted by molar-refractivity contribution is 0.0997. The summed E-state index contributed by atoms with van der Waals surface area (Å²) < 4.78 is 5.48. The van der Waals surface area contributed by atoms with Crippen molar-refractivity contribution in [1.29, 1.82) is 0 Å². The van der Waals surface area contributed by atoms with Crippen molar-refractivity contribution in [3.63, 3.8) is 0 Å². The molecule has 24 heavy (non-hydrogen) atoms. The molecular weight excluding hydrogens is 330 g/mol. The van der Waals surface area contributed by atoms with Gasteiger partial charge in [-0.2, -0.15) is 0 Å². The second-order valence-electron chi connectivity index (χ2n) is 5.44. The minimum Gasteiger partial charge on any atom is -0.508 e. The maximum atomic E-state index is 9.96. The van der Waals surface area contributed by atoms with Crippen LogP contribution < -0.4 is 10.1 Å². The first-order valence-corrected chi connectivity index (χ1v) is 7.65. The van der Waals surface area contributed by atoms with Crippen LogP contribution >= 0.6 is 12.4 Å². The van der Waals surface area contributed by atoms with E-state index in [1.54, 1.807) is 12.1 Å². The Morgan fingerprint density at radius 1 is 1.00 bits per heavy atom. The van der Waals surface area contributed by atoms with E-state index in [4.69, 9.17) is 4.74 Å². The molecule has 2 rings (SSSR count). The number of phenols is 1. The summed E-state index contributed by atoms with van der Waals surface area (Å²) in [4.78, 5) is 0. The molecule has 0 aliphatic heterocycles. The van der Waals surface area contributed by atoms with Crippen LogP contribution in [0.5, 0.6) is 11.5 Å². The van der Waals surface area contributed by atoms with Crippen LogP contribution in [0.3, 0.4) is 0 Å². The summed E-state index contributed by atoms with van der Waals surface area (Å²) in [7, 11) is 0. The molecule has 0 aromatic heterocycles. The largest absolute Gasteiger partial charge is 0.508 e. The highest BCUT2D eigenvalue weighted by molar-refractivity contribution is 5.85. The SMILES string of the molecule is Cl.OC[C@H](Cc1ccc(O)cc1)NCC(O)COc1ccccc1. The molecule has 2 atom stereocenters. The Bertz CT molecular complexity index is 565. The molecule has 2 aromatic carbocycles. The molecule has 0 saturated carbocycles. The fourth-order valence-corrected chi connectivity index (χ4v) is 2.19. The number of halogens is 1. The molecule has 132 valence electrons. The predicted octanol–water partition coefficient (Wildman–Crippen LogP) is 1.75. The first kappa shape index (κ1) is 20.3. The predicted molar refractivity (Wildman–Crippen MR) is 95.9 cm³/mol. The van der Waals surface area contributed by atoms with Crippen molar-refractivity contribution in [2.75, 3.05) is 19.8 Å². The van der Waals surface area contributed by atoms with Gasteiger partial charge in [0.05, 0.1) is 6.61 Å². The van der Waals surface area contributed by atoms with E-state index in [1.165, 1.54) is 0 Å². The average molecular weight is 354 g/mol. The van der Waals surface area contributed by atoms with Gasteiger partial charge in [0.25, 0.3) is 0 Å². The molecule has 1 unspecified atom stereocenters. The van der Waals surface area contributed by atoms with Gasteiger partial charge < -0.3 is 25.4 Å². The minimum atomic E-state index is -0.663. The summed E-state index contributed by atoms with van der Waals surface area (Å²) in [5.41, 5.74) is 1.00. The molecule has 2 aromatic rings. The third-order valence-corrected chi connectivity index (χ3v) is 3.47. The Balaban J connectivity index is 0.00000288. The molecule has 0 fully saturated rings. The van der Waals surface area contributed by atoms with Gasteiger partial charge in [0.1, 0.15) is 24.2 Å². The minimum absolute atomic E-state index is 0. The molecule has 0 aliphatic carbocycles. The fraction of sp³-hybridized carbons (Fsp3) is 0.333. The highest BCUT2D eigenvalue weighted by Crippen LogP contribution is 2.11. The number of phenolic OH excluding ortho intramolecular Hbond substituents is 1. The third-order valence-electron chi connectivity index (χ3n) is 3.47. The number of ether oxygens (including phenoxy) is 1. The van der Waals surface area contributed by atoms with Gasteiger partial charge >= 0.3 is 0 Å². The smallest absolute Gasteiger partial charge is 0.119 e. The maximum absolute atomic E-state index is 9.96. The van der Waals surface area contributed by atoms with Crippen LogP contribution in [0, 0.1) is 0 Å². The van der Waals surface area contributed by atoms with Crippen molar-refractivity contribution >= 4 is 12.4 Å². The summed E-state index contributed by atoms with van der Waals surface area (Å²) in [6, 6.07) is 16.0. The topological polar surface area (TPSA) is 82.0 Å². The molecule has 0 aliphatic rings. The highest BCUT2D eigenvalue weighted by Gasteiger charge is 2.11. The number of rotatable bonds is 9. The zero-order chi connectivity index (χ0) is 16.5. The lowest BCUT2D eigenvalue weighted by Crippen LogP contribution is -2.41. The molecule has 0 saturated heterocycles. The van der Waals surface area contributed by atoms with Crippen molar-refractivity contribution < 1.29 is 20.1 Å². The number of aliphatic hydroxyl groups excluding tert-OH is 2. The second-order valence-corrected chi connectivity index (χ2v) is 5.44. The van der Waals surface area contributed by atoms with Gasteiger partial charge in [-0.05, 0) is 36.2 Å². The van der Waals surface area contributed by atoms with Crippen LogP contribution in [-0.4, -0.2) is 47.2 Å². The van der Waals surface area contributed by atoms with Crippen LogP contribution in [0.4, 0.5) is 0 Å². The molecule has 0 radical (unpaired) electrons. The van der Waals surface area contributed by atoms with E-state index in [0.29, 0.717) is 18.7 Å². The number of benzene rings is 2. The lowest BCUT2D eigenvalue weighted by Gasteiger charge is -2.19. The zero-order valence-corrected chi connectivity index (χ0v) is 14.2. The Morgan fingerprint density at radius 2 is 1.67 bits per heavy atom. The quantitative estimate of drug-likeness (QED) is 0.552. The molecule has 0 amide bonds. The van der Waals surface area contributed by atoms with E-state index in [-0.39, 0.29) is 37.4 Å². The summed E-state index contributed by atoms with van der Waals surface area (Å²) in [6.45, 7) is 0.484. The second kappa shape index (κ2) is 10.9. The van der Waals surface area contributed by atoms with E-state index in [0.717, 1.165) is 5.56 Å². The van der Waals surface area contributed by atoms with Gasteiger partial charge in [-0.15, -0.1) is 12.4 Å². The van der Waals surface area contributed by atoms with Crippen LogP contribution in [0.15, 0.2) is 54.6 Å². The Morgan fingerprint density at radius 3 is 2.29 bits per heavy atom. The zero-order valence-electron chi connectivity index (χ0n) is 13.3. The van der Waals surface area contributed by atoms with Gasteiger partial charge in [-0.3, -0.25) is 0 Å². The summed E-state index contributed by atoms with van der Waals surface area (Å²) in [6.07, 6.45) is -0.0488. The molecule has 0 bridgehead atoms. The number of hydrogen-bond donors (Lipinski definition) is 4. The number of para-hydroxylation sites is 1. The average Bonchev–Trinajstić information content (AvgIpc) is 2.59. The van der Waals surface area contributed by atoms with Crippen molar-refractivity contribution in [3.8, 4) is 11.5 Å². The van der Waals surface area contributed by atoms with E-state index >= 15 is 0 Å². The molecule has 5 nitrogen and oxygen atoms in total. The number of aromatic hydroxyl groups is 1. The first-order valence-electron chi connectivity index (χ1n) is 7.65. The monoisotopic (exact) mass is 353 g/mol. The summed E-state index contributed by atoms with van der Waals surface area (Å²) in [5, 5.41) is 31.8. The molecule has 0 heterocycles. The standard InChI is InChI=1S/C18H23NO4.ClH/c20-12-15(10-14-6-8-16(21)9-7-14)19-11-17(22)13-23-18-4-2-1-3-5-18;/h1-9,15,17,19-22H,10-13H2;1H/t15-,17?;/m0./s1. The van der Waals surface area contributed by atoms with Crippen molar-refractivity contribution in [2.45, 2.75) is 18.6 Å². The van der Waals surface area contributed by atoms with E-state index < -0.39 is 6.10 Å². The number of aliphatic hydroxyl groups is 2. The van der Waals surface area contributed by atoms with Crippen LogP contribution in [0.25, 0.3) is 0 Å². The maximum Gasteiger partial charge on any atom is 0.119 e. The van der Waals surface area contributed by atoms with Crippen LogP contribution in [0.2, 0.25) is 0 Å². The van der Waals surface area contributed by atoms with Crippen molar-refractivity contribution in [3.05, 3.63) is 60.2 Å². The number of hydrogen-bond acceptors (Lipinski definition) is 5. The van der Waals surface area contributed by atoms with E-state index in [2.05, 4.69) is 5.32 Å². The number of nitrogens with one attached hydrogen (secondary N) is 1. The Hall–Kier alpha value is -1.79. The normalized spacial score (nSPS) is 12.9. The lowest BCUT2D eigenvalue weighted by atomic mass is 10.1. The summed E-state index contributed by atoms with van der Waals surface area (Å²) >= 11 is 0. The van der Waals surface area contributed by atoms with Crippen LogP contribution in [-0.2, 0) is 6.42 Å². The van der Waals surface area contributed by atoms with Gasteiger partial charge in [-0.1, -0.05) is 30.3 Å². The van der Waals surface area contributed by atoms with E-state index in [1.807, 2.05) is 42.5 Å². The highest BCUT2D eigenvalue weighted by atomic mass is 35.5. The molecular formula is C18H24ClNO4. The van der Waals surface area contributed by atoms with E-state index in [9.17, 15) is 15.3 Å². The third kappa shape index (κ3) is 7.19. The van der Waals surface area contributed by atoms with Gasteiger partial charge in [0.2, 0.25) is 0 Å². The van der Waals surface area contributed by atoms with Gasteiger partial charge in [-0.25, -0.2) is 0 Å². The van der Waals surface area contributed by atoms with Gasteiger partial charge in [0.15, 0.2) is 0 Å². The Kier molecular flexibility index (Phi) is 9.19. The Labute approximate surface area is 148 Å². The van der Waals surface area contributed by atoms with Crippen LogP contribution in [0.1, 0.15) is 5.56 Å². The molecule has 6 heteroatoms.